The Morgan fingerprint density at radius 3 is 2.57 bits per heavy atom. The predicted molar refractivity (Wildman–Crippen MR) is 82.6 cm³/mol. The molecule has 0 unspecified atom stereocenters. The summed E-state index contributed by atoms with van der Waals surface area (Å²) < 4.78 is 18.4. The number of halogens is 2. The number of carbonyl (C=O) groups is 3. The normalized spacial score (nSPS) is 10.1. The van der Waals surface area contributed by atoms with Crippen molar-refractivity contribution < 1.29 is 23.5 Å². The number of nitrogens with zero attached hydrogens (tertiary/aromatic N) is 1. The van der Waals surface area contributed by atoms with Crippen molar-refractivity contribution in [3.05, 3.63) is 34.6 Å². The highest BCUT2D eigenvalue weighted by Gasteiger charge is 2.22. The lowest BCUT2D eigenvalue weighted by Crippen LogP contribution is -2.39. The van der Waals surface area contributed by atoms with Crippen molar-refractivity contribution in [1.82, 2.24) is 10.2 Å². The average molecular weight is 345 g/mol. The first-order valence-electron chi connectivity index (χ1n) is 6.91. The van der Waals surface area contributed by atoms with E-state index in [4.69, 9.17) is 11.6 Å². The molecule has 0 bridgehead atoms. The molecule has 6 nitrogen and oxygen atoms in total. The van der Waals surface area contributed by atoms with Crippen molar-refractivity contribution in [2.24, 2.45) is 0 Å². The van der Waals surface area contributed by atoms with E-state index in [9.17, 15) is 18.8 Å². The van der Waals surface area contributed by atoms with Gasteiger partial charge in [0.2, 0.25) is 5.91 Å². The van der Waals surface area contributed by atoms with Gasteiger partial charge in [0.15, 0.2) is 0 Å². The lowest BCUT2D eigenvalue weighted by atomic mass is 10.1. The monoisotopic (exact) mass is 344 g/mol. The van der Waals surface area contributed by atoms with Crippen molar-refractivity contribution >= 4 is 29.4 Å². The van der Waals surface area contributed by atoms with E-state index in [1.165, 1.54) is 31.1 Å². The topological polar surface area (TPSA) is 75.7 Å². The summed E-state index contributed by atoms with van der Waals surface area (Å²) in [6.45, 7) is 1.65. The van der Waals surface area contributed by atoms with E-state index in [1.807, 2.05) is 0 Å². The van der Waals surface area contributed by atoms with Crippen molar-refractivity contribution in [3.8, 4) is 0 Å². The molecule has 0 radical (unpaired) electrons. The van der Waals surface area contributed by atoms with Crippen LogP contribution in [0.4, 0.5) is 4.39 Å². The molecule has 1 rings (SSSR count). The van der Waals surface area contributed by atoms with Gasteiger partial charge in [0.05, 0.1) is 24.1 Å². The van der Waals surface area contributed by atoms with E-state index in [2.05, 4.69) is 10.1 Å². The first-order valence-corrected chi connectivity index (χ1v) is 7.29. The molecule has 1 aromatic rings. The van der Waals surface area contributed by atoms with E-state index in [0.717, 1.165) is 6.07 Å². The van der Waals surface area contributed by atoms with Crippen molar-refractivity contribution in [2.75, 3.05) is 26.7 Å². The molecule has 0 saturated heterocycles. The summed E-state index contributed by atoms with van der Waals surface area (Å²) in [6.07, 6.45) is -0.0472. The zero-order valence-electron chi connectivity index (χ0n) is 12.9. The van der Waals surface area contributed by atoms with E-state index < -0.39 is 17.7 Å². The molecule has 0 saturated carbocycles. The molecule has 0 heterocycles. The number of esters is 1. The van der Waals surface area contributed by atoms with Gasteiger partial charge in [-0.05, 0) is 12.1 Å². The number of amides is 2. The number of carbonyl (C=O) groups excluding carboxylic acids is 3. The fourth-order valence-corrected chi connectivity index (χ4v) is 2.11. The Labute approximate surface area is 138 Å². The number of nitrogens with one attached hydrogen (secondary N) is 1. The quantitative estimate of drug-likeness (QED) is 0.763. The number of hydrogen-bond acceptors (Lipinski definition) is 4. The fourth-order valence-electron chi connectivity index (χ4n) is 1.87. The molecule has 23 heavy (non-hydrogen) atoms. The van der Waals surface area contributed by atoms with Crippen LogP contribution in [0.5, 0.6) is 0 Å². The zero-order chi connectivity index (χ0) is 17.4. The molecular formula is C15H18ClFN2O4. The van der Waals surface area contributed by atoms with Gasteiger partial charge in [-0.25, -0.2) is 4.39 Å². The van der Waals surface area contributed by atoms with Gasteiger partial charge >= 0.3 is 5.97 Å². The zero-order valence-corrected chi connectivity index (χ0v) is 13.7. The molecule has 0 aromatic heterocycles. The number of hydrogen-bond donors (Lipinski definition) is 1. The molecule has 8 heteroatoms. The maximum absolute atomic E-state index is 13.9. The predicted octanol–water partition coefficient (Wildman–Crippen LogP) is 1.62. The summed E-state index contributed by atoms with van der Waals surface area (Å²) in [6, 6.07) is 3.93. The van der Waals surface area contributed by atoms with Crippen LogP contribution < -0.4 is 5.32 Å². The molecule has 0 aliphatic carbocycles. The second-order valence-corrected chi connectivity index (χ2v) is 5.11. The Morgan fingerprint density at radius 1 is 1.30 bits per heavy atom. The third-order valence-electron chi connectivity index (χ3n) is 3.03. The Bertz CT molecular complexity index is 575. The largest absolute Gasteiger partial charge is 0.469 e. The molecule has 0 fully saturated rings. The summed E-state index contributed by atoms with van der Waals surface area (Å²) >= 11 is 5.89. The van der Waals surface area contributed by atoms with Crippen LogP contribution >= 0.6 is 11.6 Å². The molecule has 1 aromatic carbocycles. The van der Waals surface area contributed by atoms with E-state index in [1.54, 1.807) is 0 Å². The van der Waals surface area contributed by atoms with Gasteiger partial charge in [0.25, 0.3) is 5.91 Å². The number of benzene rings is 1. The Morgan fingerprint density at radius 2 is 2.00 bits per heavy atom. The molecule has 126 valence electrons. The van der Waals surface area contributed by atoms with Crippen LogP contribution in [0.1, 0.15) is 23.7 Å². The van der Waals surface area contributed by atoms with Gasteiger partial charge in [-0.3, -0.25) is 14.4 Å². The van der Waals surface area contributed by atoms with Gasteiger partial charge < -0.3 is 15.0 Å². The number of ether oxygens (including phenoxy) is 1. The fraction of sp³-hybridized carbons (Fsp3) is 0.400. The summed E-state index contributed by atoms with van der Waals surface area (Å²) in [5, 5.41) is 2.52. The van der Waals surface area contributed by atoms with Gasteiger partial charge in [-0.15, -0.1) is 0 Å². The summed E-state index contributed by atoms with van der Waals surface area (Å²) in [5.74, 6) is -2.15. The average Bonchev–Trinajstić information content (AvgIpc) is 2.49. The highest BCUT2D eigenvalue weighted by Crippen LogP contribution is 2.21. The SMILES string of the molecule is COC(=O)CCN(CCNC(C)=O)C(=O)c1c(F)cccc1Cl. The van der Waals surface area contributed by atoms with Gasteiger partial charge in [-0.2, -0.15) is 0 Å². The Hall–Kier alpha value is -2.15. The first kappa shape index (κ1) is 18.9. The van der Waals surface area contributed by atoms with Crippen LogP contribution in [0.3, 0.4) is 0 Å². The van der Waals surface area contributed by atoms with Crippen LogP contribution in [0.15, 0.2) is 18.2 Å². The van der Waals surface area contributed by atoms with Gasteiger partial charge in [0, 0.05) is 26.6 Å². The first-order chi connectivity index (χ1) is 10.9. The number of rotatable bonds is 7. The highest BCUT2D eigenvalue weighted by atomic mass is 35.5. The molecular weight excluding hydrogens is 327 g/mol. The molecule has 2 amide bonds. The van der Waals surface area contributed by atoms with Crippen LogP contribution in [0.2, 0.25) is 5.02 Å². The third kappa shape index (κ3) is 5.86. The van der Waals surface area contributed by atoms with Crippen LogP contribution in [0.25, 0.3) is 0 Å². The van der Waals surface area contributed by atoms with Crippen molar-refractivity contribution in [2.45, 2.75) is 13.3 Å². The van der Waals surface area contributed by atoms with E-state index in [0.29, 0.717) is 0 Å². The summed E-state index contributed by atoms with van der Waals surface area (Å²) in [5.41, 5.74) is -0.262. The Kier molecular flexibility index (Phi) is 7.47. The standard InChI is InChI=1S/C15H18ClFN2O4/c1-10(20)18-7-9-19(8-6-13(21)23-2)15(22)14-11(16)4-3-5-12(14)17/h3-5H,6-9H2,1-2H3,(H,18,20). The molecule has 1 N–H and O–H groups in total. The minimum absolute atomic E-state index is 0.0161. The third-order valence-corrected chi connectivity index (χ3v) is 3.35. The lowest BCUT2D eigenvalue weighted by molar-refractivity contribution is -0.140. The summed E-state index contributed by atoms with van der Waals surface area (Å²) in [7, 11) is 1.24. The van der Waals surface area contributed by atoms with E-state index >= 15 is 0 Å². The number of methoxy groups -OCH3 is 1. The van der Waals surface area contributed by atoms with Crippen LogP contribution in [-0.4, -0.2) is 49.4 Å². The highest BCUT2D eigenvalue weighted by molar-refractivity contribution is 6.33. The minimum Gasteiger partial charge on any atom is -0.469 e. The van der Waals surface area contributed by atoms with Crippen molar-refractivity contribution in [1.29, 1.82) is 0 Å². The van der Waals surface area contributed by atoms with Crippen molar-refractivity contribution in [3.63, 3.8) is 0 Å². The maximum atomic E-state index is 13.9. The van der Waals surface area contributed by atoms with E-state index in [-0.39, 0.29) is 42.5 Å². The minimum atomic E-state index is -0.745. The molecule has 0 aliphatic heterocycles. The summed E-state index contributed by atoms with van der Waals surface area (Å²) in [4.78, 5) is 35.9. The van der Waals surface area contributed by atoms with Gasteiger partial charge in [-0.1, -0.05) is 17.7 Å². The molecule has 0 atom stereocenters. The van der Waals surface area contributed by atoms with Crippen LogP contribution in [-0.2, 0) is 14.3 Å². The second kappa shape index (κ2) is 9.09. The van der Waals surface area contributed by atoms with Crippen LogP contribution in [0, 0.1) is 5.82 Å². The second-order valence-electron chi connectivity index (χ2n) is 4.70. The molecule has 0 spiro atoms. The smallest absolute Gasteiger partial charge is 0.307 e. The lowest BCUT2D eigenvalue weighted by Gasteiger charge is -2.23. The molecule has 0 aliphatic rings. The Balaban J connectivity index is 2.90. The maximum Gasteiger partial charge on any atom is 0.307 e. The van der Waals surface area contributed by atoms with Gasteiger partial charge in [0.1, 0.15) is 5.82 Å².